The fourth-order valence-corrected chi connectivity index (χ4v) is 4.40. The molecule has 0 saturated carbocycles. The molecule has 150 valence electrons. The van der Waals surface area contributed by atoms with Gasteiger partial charge in [0, 0.05) is 34.7 Å². The molecule has 0 N–H and O–H groups in total. The monoisotopic (exact) mass is 439 g/mol. The summed E-state index contributed by atoms with van der Waals surface area (Å²) in [6.45, 7) is 0. The highest BCUT2D eigenvalue weighted by atomic mass is 35.5. The molecule has 0 aromatic heterocycles. The molecule has 0 aliphatic carbocycles. The van der Waals surface area contributed by atoms with Gasteiger partial charge in [0.25, 0.3) is 5.69 Å². The molecular weight excluding hydrogens is 425 g/mol. The van der Waals surface area contributed by atoms with Gasteiger partial charge in [-0.2, -0.15) is 5.10 Å². The number of nitro benzene ring substituents is 1. The molecule has 2 atom stereocenters. The number of nitro groups is 1. The first-order valence-electron chi connectivity index (χ1n) is 9.32. The van der Waals surface area contributed by atoms with Crippen LogP contribution in [0.2, 0.25) is 10.0 Å². The lowest BCUT2D eigenvalue weighted by Crippen LogP contribution is -2.34. The van der Waals surface area contributed by atoms with Gasteiger partial charge in [0.1, 0.15) is 5.75 Å². The standard InChI is InChI=1S/C22H15Cl2N3O3/c23-14-6-8-16(18(24)10-14)22-26-20(12-19(25-26)13-4-2-1-3-5-13)17-11-15(27(28)29)7-9-21(17)30-22/h1-11,20,22H,12H2/t20-,22+/m0/s1. The van der Waals surface area contributed by atoms with Crippen molar-refractivity contribution in [2.75, 3.05) is 0 Å². The Hall–Kier alpha value is -3.09. The third-order valence-electron chi connectivity index (χ3n) is 5.32. The van der Waals surface area contributed by atoms with Crippen molar-refractivity contribution >= 4 is 34.6 Å². The van der Waals surface area contributed by atoms with E-state index in [9.17, 15) is 10.1 Å². The predicted molar refractivity (Wildman–Crippen MR) is 115 cm³/mol. The van der Waals surface area contributed by atoms with Crippen LogP contribution in [-0.2, 0) is 0 Å². The number of hydrogen-bond acceptors (Lipinski definition) is 5. The van der Waals surface area contributed by atoms with Crippen LogP contribution >= 0.6 is 23.2 Å². The van der Waals surface area contributed by atoms with Crippen molar-refractivity contribution in [2.24, 2.45) is 5.10 Å². The molecule has 6 nitrogen and oxygen atoms in total. The summed E-state index contributed by atoms with van der Waals surface area (Å²) in [5.41, 5.74) is 3.38. The zero-order chi connectivity index (χ0) is 20.8. The number of hydrazone groups is 1. The molecule has 30 heavy (non-hydrogen) atoms. The van der Waals surface area contributed by atoms with E-state index in [0.717, 1.165) is 22.4 Å². The normalized spacial score (nSPS) is 19.5. The number of fused-ring (bicyclic) bond motifs is 3. The van der Waals surface area contributed by atoms with Crippen LogP contribution in [0.1, 0.15) is 35.4 Å². The average Bonchev–Trinajstić information content (AvgIpc) is 3.19. The minimum Gasteiger partial charge on any atom is -0.464 e. The number of benzene rings is 3. The largest absolute Gasteiger partial charge is 0.464 e. The molecule has 0 fully saturated rings. The Morgan fingerprint density at radius 2 is 1.83 bits per heavy atom. The molecule has 0 unspecified atom stereocenters. The molecule has 0 radical (unpaired) electrons. The molecule has 0 amide bonds. The van der Waals surface area contributed by atoms with Crippen LogP contribution in [-0.4, -0.2) is 15.6 Å². The van der Waals surface area contributed by atoms with Crippen molar-refractivity contribution in [1.29, 1.82) is 0 Å². The van der Waals surface area contributed by atoms with Crippen LogP contribution in [0.4, 0.5) is 5.69 Å². The van der Waals surface area contributed by atoms with E-state index in [1.807, 2.05) is 41.4 Å². The summed E-state index contributed by atoms with van der Waals surface area (Å²) in [5.74, 6) is 0.586. The molecule has 0 bridgehead atoms. The summed E-state index contributed by atoms with van der Waals surface area (Å²) < 4.78 is 6.24. The summed E-state index contributed by atoms with van der Waals surface area (Å²) in [5, 5.41) is 19.0. The third-order valence-corrected chi connectivity index (χ3v) is 5.88. The molecule has 0 saturated heterocycles. The molecule has 3 aromatic rings. The lowest BCUT2D eigenvalue weighted by atomic mass is 9.95. The van der Waals surface area contributed by atoms with Crippen molar-refractivity contribution in [3.63, 3.8) is 0 Å². The summed E-state index contributed by atoms with van der Waals surface area (Å²) in [6.07, 6.45) is 0.0263. The number of non-ortho nitro benzene ring substituents is 1. The molecule has 2 aliphatic heterocycles. The van der Waals surface area contributed by atoms with Crippen molar-refractivity contribution in [3.8, 4) is 5.75 Å². The Bertz CT molecular complexity index is 1180. The van der Waals surface area contributed by atoms with Crippen LogP contribution in [0.15, 0.2) is 71.8 Å². The fourth-order valence-electron chi connectivity index (χ4n) is 3.90. The Kier molecular flexibility index (Phi) is 4.60. The van der Waals surface area contributed by atoms with E-state index in [4.69, 9.17) is 33.0 Å². The Balaban J connectivity index is 1.63. The molecule has 8 heteroatoms. The quantitative estimate of drug-likeness (QED) is 0.362. The first-order chi connectivity index (χ1) is 14.5. The van der Waals surface area contributed by atoms with E-state index in [1.54, 1.807) is 24.3 Å². The van der Waals surface area contributed by atoms with E-state index in [0.29, 0.717) is 22.2 Å². The number of hydrogen-bond donors (Lipinski definition) is 0. The highest BCUT2D eigenvalue weighted by Crippen LogP contribution is 2.49. The highest BCUT2D eigenvalue weighted by molar-refractivity contribution is 6.35. The van der Waals surface area contributed by atoms with Gasteiger partial charge < -0.3 is 4.74 Å². The summed E-state index contributed by atoms with van der Waals surface area (Å²) in [7, 11) is 0. The van der Waals surface area contributed by atoms with E-state index in [2.05, 4.69) is 0 Å². The minimum atomic E-state index is -0.574. The second-order valence-electron chi connectivity index (χ2n) is 7.13. The Labute approximate surface area is 182 Å². The maximum absolute atomic E-state index is 11.3. The maximum atomic E-state index is 11.3. The van der Waals surface area contributed by atoms with Gasteiger partial charge in [-0.1, -0.05) is 59.6 Å². The van der Waals surface area contributed by atoms with E-state index in [1.165, 1.54) is 6.07 Å². The van der Waals surface area contributed by atoms with Crippen molar-refractivity contribution in [1.82, 2.24) is 5.01 Å². The van der Waals surface area contributed by atoms with E-state index < -0.39 is 11.2 Å². The minimum absolute atomic E-state index is 0.0217. The lowest BCUT2D eigenvalue weighted by Gasteiger charge is -2.38. The zero-order valence-corrected chi connectivity index (χ0v) is 17.0. The molecule has 0 spiro atoms. The number of halogens is 2. The third kappa shape index (κ3) is 3.18. The van der Waals surface area contributed by atoms with Crippen LogP contribution in [0.25, 0.3) is 0 Å². The summed E-state index contributed by atoms with van der Waals surface area (Å²) in [4.78, 5) is 10.9. The summed E-state index contributed by atoms with van der Waals surface area (Å²) in [6, 6.07) is 19.5. The van der Waals surface area contributed by atoms with Crippen molar-refractivity contribution in [2.45, 2.75) is 18.7 Å². The molecule has 3 aromatic carbocycles. The topological polar surface area (TPSA) is 68.0 Å². The highest BCUT2D eigenvalue weighted by Gasteiger charge is 2.42. The average molecular weight is 440 g/mol. The van der Waals surface area contributed by atoms with Gasteiger partial charge in [-0.15, -0.1) is 0 Å². The van der Waals surface area contributed by atoms with Crippen LogP contribution in [0, 0.1) is 10.1 Å². The van der Waals surface area contributed by atoms with Crippen LogP contribution in [0.5, 0.6) is 5.75 Å². The Morgan fingerprint density at radius 1 is 1.03 bits per heavy atom. The molecule has 2 heterocycles. The first-order valence-corrected chi connectivity index (χ1v) is 10.1. The van der Waals surface area contributed by atoms with E-state index in [-0.39, 0.29) is 11.7 Å². The van der Waals surface area contributed by atoms with Gasteiger partial charge in [-0.25, -0.2) is 5.01 Å². The number of nitrogens with zero attached hydrogens (tertiary/aromatic N) is 3. The second kappa shape index (κ2) is 7.31. The zero-order valence-electron chi connectivity index (χ0n) is 15.5. The lowest BCUT2D eigenvalue weighted by molar-refractivity contribution is -0.385. The van der Waals surface area contributed by atoms with Gasteiger partial charge in [-0.05, 0) is 23.8 Å². The fraction of sp³-hybridized carbons (Fsp3) is 0.136. The summed E-state index contributed by atoms with van der Waals surface area (Å²) >= 11 is 12.5. The van der Waals surface area contributed by atoms with Crippen molar-refractivity contribution in [3.05, 3.63) is 104 Å². The van der Waals surface area contributed by atoms with Gasteiger partial charge in [-0.3, -0.25) is 10.1 Å². The second-order valence-corrected chi connectivity index (χ2v) is 7.97. The first kappa shape index (κ1) is 18.9. The van der Waals surface area contributed by atoms with Gasteiger partial charge in [0.15, 0.2) is 0 Å². The molecule has 2 aliphatic rings. The predicted octanol–water partition coefficient (Wildman–Crippen LogP) is 6.14. The van der Waals surface area contributed by atoms with E-state index >= 15 is 0 Å². The van der Waals surface area contributed by atoms with Crippen LogP contribution in [0.3, 0.4) is 0 Å². The number of rotatable bonds is 3. The molecule has 5 rings (SSSR count). The number of ether oxygens (including phenoxy) is 1. The van der Waals surface area contributed by atoms with Crippen molar-refractivity contribution < 1.29 is 9.66 Å². The van der Waals surface area contributed by atoms with Crippen LogP contribution < -0.4 is 4.74 Å². The maximum Gasteiger partial charge on any atom is 0.270 e. The smallest absolute Gasteiger partial charge is 0.270 e. The molecular formula is C22H15Cl2N3O3. The van der Waals surface area contributed by atoms with Gasteiger partial charge in [0.2, 0.25) is 6.23 Å². The van der Waals surface area contributed by atoms with Gasteiger partial charge >= 0.3 is 0 Å². The SMILES string of the molecule is O=[N+]([O-])c1ccc2c(c1)[C@@H]1CC(c3ccccc3)=NN1[C@@H](c1ccc(Cl)cc1Cl)O2. The van der Waals surface area contributed by atoms with Gasteiger partial charge in [0.05, 0.1) is 21.7 Å². The Morgan fingerprint density at radius 3 is 2.57 bits per heavy atom.